The van der Waals surface area contributed by atoms with Gasteiger partial charge in [0.15, 0.2) is 0 Å². The molecule has 0 aromatic carbocycles. The van der Waals surface area contributed by atoms with E-state index in [1.165, 1.54) is 0 Å². The minimum Gasteiger partial charge on any atom is -0.786 e. The molecule has 0 nitrogen and oxygen atoms in total. The Bertz CT molecular complexity index is 37.8. The van der Waals surface area contributed by atoms with Gasteiger partial charge in [-0.15, -0.1) is 0 Å². The fourth-order valence-corrected chi connectivity index (χ4v) is 0. The van der Waals surface area contributed by atoms with Crippen molar-refractivity contribution in [3.8, 4) is 0 Å². The number of hydrogen-bond donors (Lipinski definition) is 0. The molecule has 0 aromatic heterocycles. The van der Waals surface area contributed by atoms with E-state index in [-0.39, 0.29) is 34.3 Å². The summed E-state index contributed by atoms with van der Waals surface area (Å²) in [5, 5.41) is 0. The summed E-state index contributed by atoms with van der Waals surface area (Å²) in [6, 6.07) is 0. The summed E-state index contributed by atoms with van der Waals surface area (Å²) in [5.41, 5.74) is 0. The Balaban J connectivity index is 0. The Kier molecular flexibility index (Phi) is 6.79. The molecule has 0 unspecified atom stereocenters. The number of hydrogen-bond acceptors (Lipinski definition) is 1. The third kappa shape index (κ3) is 11.1. The first-order valence-electron chi connectivity index (χ1n) is 2.26. The predicted molar refractivity (Wildman–Crippen MR) is 31.7 cm³/mol. The topological polar surface area (TPSA) is 0 Å². The average Bonchev–Trinajstić information content (AvgIpc) is 1.35. The van der Waals surface area contributed by atoms with Crippen molar-refractivity contribution in [2.75, 3.05) is 0 Å². The van der Waals surface area contributed by atoms with Crippen molar-refractivity contribution >= 4 is 12.6 Å². The van der Waals surface area contributed by atoms with Crippen LogP contribution in [0.1, 0.15) is 27.2 Å². The summed E-state index contributed by atoms with van der Waals surface area (Å²) in [6.07, 6.45) is 1.09. The van der Waals surface area contributed by atoms with Crippen LogP contribution >= 0.6 is 0 Å². The first-order chi connectivity index (χ1) is 2.56. The summed E-state index contributed by atoms with van der Waals surface area (Å²) in [7, 11) is 0. The minimum absolute atomic E-state index is 0. The van der Waals surface area contributed by atoms with Crippen LogP contribution < -0.4 is 29.6 Å². The van der Waals surface area contributed by atoms with E-state index in [1.54, 1.807) is 0 Å². The predicted octanol–water partition coefficient (Wildman–Crippen LogP) is -1.27. The van der Waals surface area contributed by atoms with Crippen molar-refractivity contribution in [3.63, 3.8) is 0 Å². The summed E-state index contributed by atoms with van der Waals surface area (Å²) in [5.74, 6) is 0. The van der Waals surface area contributed by atoms with Crippen LogP contribution in [0.25, 0.3) is 0 Å². The van der Waals surface area contributed by atoms with E-state index in [4.69, 9.17) is 12.6 Å². The van der Waals surface area contributed by atoms with Gasteiger partial charge in [-0.25, -0.2) is 0 Å². The third-order valence-electron chi connectivity index (χ3n) is 0.851. The van der Waals surface area contributed by atoms with Gasteiger partial charge in [-0.2, -0.15) is 4.75 Å². The van der Waals surface area contributed by atoms with Gasteiger partial charge in [0.1, 0.15) is 0 Å². The second-order valence-electron chi connectivity index (χ2n) is 2.11. The van der Waals surface area contributed by atoms with Crippen molar-refractivity contribution in [1.82, 2.24) is 0 Å². The van der Waals surface area contributed by atoms with Gasteiger partial charge in [-0.3, -0.25) is 0 Å². The van der Waals surface area contributed by atoms with Crippen LogP contribution in [0, 0.1) is 0 Å². The minimum atomic E-state index is 0. The van der Waals surface area contributed by atoms with Gasteiger partial charge in [0.2, 0.25) is 0 Å². The zero-order valence-corrected chi connectivity index (χ0v) is 8.43. The third-order valence-corrected chi connectivity index (χ3v) is 1.14. The molecule has 0 aliphatic heterocycles. The molecule has 0 amide bonds. The van der Waals surface area contributed by atoms with Crippen LogP contribution in [0.15, 0.2) is 0 Å². The van der Waals surface area contributed by atoms with Crippen molar-refractivity contribution < 1.29 is 29.6 Å². The first-order valence-corrected chi connectivity index (χ1v) is 2.67. The molecule has 0 spiro atoms. The van der Waals surface area contributed by atoms with E-state index >= 15 is 0 Å². The van der Waals surface area contributed by atoms with Crippen LogP contribution in [-0.4, -0.2) is 4.75 Å². The molecule has 0 saturated carbocycles. The van der Waals surface area contributed by atoms with Gasteiger partial charge in [0.25, 0.3) is 0 Å². The van der Waals surface area contributed by atoms with Crippen molar-refractivity contribution in [3.05, 3.63) is 0 Å². The SMILES string of the molecule is CCC(C)(C)[S-].[Na+]. The van der Waals surface area contributed by atoms with Crippen LogP contribution in [0.2, 0.25) is 0 Å². The zero-order chi connectivity index (χ0) is 5.21. The maximum atomic E-state index is 4.99. The van der Waals surface area contributed by atoms with Gasteiger partial charge in [0, 0.05) is 0 Å². The standard InChI is InChI=1S/C5H12S.Na/c1-4-5(2,3)6;/h6H,4H2,1-3H3;/q;+1/p-1. The van der Waals surface area contributed by atoms with E-state index in [0.29, 0.717) is 0 Å². The molecule has 0 aromatic rings. The van der Waals surface area contributed by atoms with Crippen LogP contribution in [0.5, 0.6) is 0 Å². The molecule has 7 heavy (non-hydrogen) atoms. The second kappa shape index (κ2) is 4.25. The molecule has 2 heteroatoms. The summed E-state index contributed by atoms with van der Waals surface area (Å²) < 4.78 is 0.125. The fourth-order valence-electron chi connectivity index (χ4n) is 0. The second-order valence-corrected chi connectivity index (χ2v) is 3.22. The van der Waals surface area contributed by atoms with Gasteiger partial charge in [0.05, 0.1) is 0 Å². The average molecular weight is 126 g/mol. The molecule has 0 bridgehead atoms. The molecule has 0 heterocycles. The van der Waals surface area contributed by atoms with Crippen LogP contribution in [0.4, 0.5) is 0 Å². The van der Waals surface area contributed by atoms with Gasteiger partial charge in [-0.05, 0) is 0 Å². The first kappa shape index (κ1) is 11.2. The Morgan fingerprint density at radius 1 is 1.43 bits per heavy atom. The van der Waals surface area contributed by atoms with Crippen molar-refractivity contribution in [1.29, 1.82) is 0 Å². The zero-order valence-electron chi connectivity index (χ0n) is 5.62. The van der Waals surface area contributed by atoms with E-state index in [0.717, 1.165) is 6.42 Å². The Labute approximate surface area is 73.8 Å². The molecule has 0 atom stereocenters. The molecule has 0 saturated heterocycles. The normalized spacial score (nSPS) is 10.3. The number of rotatable bonds is 1. The maximum absolute atomic E-state index is 4.99. The van der Waals surface area contributed by atoms with Crippen LogP contribution in [-0.2, 0) is 12.6 Å². The molecule has 0 aliphatic rings. The molecule has 0 rings (SSSR count). The fraction of sp³-hybridized carbons (Fsp3) is 1.00. The molecule has 0 fully saturated rings. The smallest absolute Gasteiger partial charge is 0.786 e. The molecular weight excluding hydrogens is 115 g/mol. The maximum Gasteiger partial charge on any atom is 1.00 e. The summed E-state index contributed by atoms with van der Waals surface area (Å²) in [6.45, 7) is 6.22. The Morgan fingerprint density at radius 2 is 1.57 bits per heavy atom. The largest absolute Gasteiger partial charge is 1.00 e. The van der Waals surface area contributed by atoms with E-state index in [9.17, 15) is 0 Å². The van der Waals surface area contributed by atoms with Crippen molar-refractivity contribution in [2.24, 2.45) is 0 Å². The summed E-state index contributed by atoms with van der Waals surface area (Å²) in [4.78, 5) is 0. The quantitative estimate of drug-likeness (QED) is 0.312. The molecule has 0 radical (unpaired) electrons. The molecular formula is C5H11NaS. The molecule has 0 aliphatic carbocycles. The summed E-state index contributed by atoms with van der Waals surface area (Å²) >= 11 is 4.99. The van der Waals surface area contributed by atoms with E-state index < -0.39 is 0 Å². The van der Waals surface area contributed by atoms with E-state index in [2.05, 4.69) is 20.8 Å². The molecule has 0 N–H and O–H groups in total. The molecule has 38 valence electrons. The monoisotopic (exact) mass is 126 g/mol. The van der Waals surface area contributed by atoms with E-state index in [1.807, 2.05) is 0 Å². The Morgan fingerprint density at radius 3 is 1.57 bits per heavy atom. The van der Waals surface area contributed by atoms with Crippen molar-refractivity contribution in [2.45, 2.75) is 31.9 Å². The Hall–Kier alpha value is 1.35. The van der Waals surface area contributed by atoms with Crippen LogP contribution in [0.3, 0.4) is 0 Å². The van der Waals surface area contributed by atoms with Gasteiger partial charge < -0.3 is 12.6 Å². The van der Waals surface area contributed by atoms with Gasteiger partial charge >= 0.3 is 29.6 Å². The van der Waals surface area contributed by atoms with Gasteiger partial charge in [-0.1, -0.05) is 27.2 Å².